The summed E-state index contributed by atoms with van der Waals surface area (Å²) in [5.74, 6) is 1.14. The summed E-state index contributed by atoms with van der Waals surface area (Å²) in [4.78, 5) is 22.8. The first kappa shape index (κ1) is 16.2. The molecule has 1 saturated heterocycles. The van der Waals surface area contributed by atoms with E-state index in [0.29, 0.717) is 31.1 Å². The van der Waals surface area contributed by atoms with E-state index in [1.165, 1.54) is 0 Å². The zero-order valence-electron chi connectivity index (χ0n) is 13.7. The van der Waals surface area contributed by atoms with Gasteiger partial charge in [0.05, 0.1) is 12.8 Å². The Morgan fingerprint density at radius 1 is 1.25 bits per heavy atom. The molecule has 126 valence electrons. The van der Waals surface area contributed by atoms with Gasteiger partial charge in [-0.2, -0.15) is 0 Å². The van der Waals surface area contributed by atoms with Gasteiger partial charge < -0.3 is 14.4 Å². The van der Waals surface area contributed by atoms with Crippen LogP contribution in [0, 0.1) is 0 Å². The molecule has 6 heteroatoms. The van der Waals surface area contributed by atoms with Gasteiger partial charge in [-0.15, -0.1) is 0 Å². The Hall–Kier alpha value is -2.63. The molecule has 0 spiro atoms. The summed E-state index contributed by atoms with van der Waals surface area (Å²) in [5, 5.41) is 0. The molecule has 1 amide bonds. The number of aromatic nitrogens is 2. The molecule has 3 rings (SSSR count). The van der Waals surface area contributed by atoms with Crippen LogP contribution < -0.4 is 9.47 Å². The highest BCUT2D eigenvalue weighted by molar-refractivity contribution is 5.96. The summed E-state index contributed by atoms with van der Waals surface area (Å²) in [6.45, 7) is 3.68. The number of hydrogen-bond acceptors (Lipinski definition) is 5. The molecule has 2 aromatic heterocycles. The number of rotatable bonds is 5. The van der Waals surface area contributed by atoms with Crippen LogP contribution in [-0.4, -0.2) is 46.6 Å². The molecule has 0 bridgehead atoms. The van der Waals surface area contributed by atoms with Gasteiger partial charge in [0.15, 0.2) is 0 Å². The predicted molar refractivity (Wildman–Crippen MR) is 89.2 cm³/mol. The molecule has 1 aliphatic rings. The summed E-state index contributed by atoms with van der Waals surface area (Å²) in [5.41, 5.74) is 0.519. The summed E-state index contributed by atoms with van der Waals surface area (Å²) in [6, 6.07) is 7.27. The Labute approximate surface area is 141 Å². The van der Waals surface area contributed by atoms with Crippen molar-refractivity contribution in [2.75, 3.05) is 19.7 Å². The molecule has 0 saturated carbocycles. The fraction of sp³-hybridized carbons (Fsp3) is 0.389. The van der Waals surface area contributed by atoms with Crippen LogP contribution in [0.25, 0.3) is 0 Å². The topological polar surface area (TPSA) is 64.5 Å². The van der Waals surface area contributed by atoms with Gasteiger partial charge in [0.1, 0.15) is 17.4 Å². The highest BCUT2D eigenvalue weighted by Gasteiger charge is 2.26. The quantitative estimate of drug-likeness (QED) is 0.844. The SMILES string of the molecule is CCOc1ncccc1C(=O)N1CCC(Oc2cccnc2)CC1. The van der Waals surface area contributed by atoms with Crippen LogP contribution in [0.15, 0.2) is 42.9 Å². The van der Waals surface area contributed by atoms with E-state index in [0.717, 1.165) is 18.6 Å². The van der Waals surface area contributed by atoms with Crippen molar-refractivity contribution < 1.29 is 14.3 Å². The van der Waals surface area contributed by atoms with Gasteiger partial charge in [0, 0.05) is 38.3 Å². The molecule has 1 aliphatic heterocycles. The molecular weight excluding hydrogens is 306 g/mol. The Morgan fingerprint density at radius 3 is 2.75 bits per heavy atom. The number of ether oxygens (including phenoxy) is 2. The van der Waals surface area contributed by atoms with E-state index in [1.54, 1.807) is 30.7 Å². The van der Waals surface area contributed by atoms with Crippen LogP contribution in [0.5, 0.6) is 11.6 Å². The van der Waals surface area contributed by atoms with E-state index in [4.69, 9.17) is 9.47 Å². The maximum absolute atomic E-state index is 12.7. The number of piperidine rings is 1. The highest BCUT2D eigenvalue weighted by atomic mass is 16.5. The monoisotopic (exact) mass is 327 g/mol. The van der Waals surface area contributed by atoms with E-state index in [1.807, 2.05) is 24.0 Å². The zero-order chi connectivity index (χ0) is 16.8. The van der Waals surface area contributed by atoms with E-state index >= 15 is 0 Å². The number of hydrogen-bond donors (Lipinski definition) is 0. The number of likely N-dealkylation sites (tertiary alicyclic amines) is 1. The number of nitrogens with zero attached hydrogens (tertiary/aromatic N) is 3. The molecule has 0 atom stereocenters. The van der Waals surface area contributed by atoms with Gasteiger partial charge in [-0.25, -0.2) is 4.98 Å². The maximum atomic E-state index is 12.7. The first-order valence-corrected chi connectivity index (χ1v) is 8.21. The van der Waals surface area contributed by atoms with E-state index < -0.39 is 0 Å². The number of pyridine rings is 2. The van der Waals surface area contributed by atoms with Gasteiger partial charge in [-0.1, -0.05) is 0 Å². The lowest BCUT2D eigenvalue weighted by Gasteiger charge is -2.32. The summed E-state index contributed by atoms with van der Waals surface area (Å²) in [7, 11) is 0. The third kappa shape index (κ3) is 3.82. The van der Waals surface area contributed by atoms with Crippen LogP contribution in [0.3, 0.4) is 0 Å². The molecule has 0 N–H and O–H groups in total. The first-order valence-electron chi connectivity index (χ1n) is 8.21. The zero-order valence-corrected chi connectivity index (χ0v) is 13.7. The summed E-state index contributed by atoms with van der Waals surface area (Å²) < 4.78 is 11.4. The third-order valence-electron chi connectivity index (χ3n) is 3.95. The fourth-order valence-electron chi connectivity index (χ4n) is 2.76. The Morgan fingerprint density at radius 2 is 2.04 bits per heavy atom. The lowest BCUT2D eigenvalue weighted by Crippen LogP contribution is -2.42. The van der Waals surface area contributed by atoms with Crippen molar-refractivity contribution in [1.29, 1.82) is 0 Å². The van der Waals surface area contributed by atoms with E-state index in [-0.39, 0.29) is 12.0 Å². The van der Waals surface area contributed by atoms with Crippen molar-refractivity contribution in [1.82, 2.24) is 14.9 Å². The largest absolute Gasteiger partial charge is 0.489 e. The van der Waals surface area contributed by atoms with Crippen molar-refractivity contribution in [3.8, 4) is 11.6 Å². The molecule has 0 aromatic carbocycles. The van der Waals surface area contributed by atoms with Gasteiger partial charge in [-0.05, 0) is 31.2 Å². The van der Waals surface area contributed by atoms with Crippen molar-refractivity contribution >= 4 is 5.91 Å². The smallest absolute Gasteiger partial charge is 0.259 e. The lowest BCUT2D eigenvalue weighted by atomic mass is 10.1. The average molecular weight is 327 g/mol. The average Bonchev–Trinajstić information content (AvgIpc) is 2.63. The van der Waals surface area contributed by atoms with Crippen LogP contribution in [0.2, 0.25) is 0 Å². The second-order valence-corrected chi connectivity index (χ2v) is 5.59. The third-order valence-corrected chi connectivity index (χ3v) is 3.95. The van der Waals surface area contributed by atoms with E-state index in [9.17, 15) is 4.79 Å². The summed E-state index contributed by atoms with van der Waals surface area (Å²) >= 11 is 0. The molecule has 3 heterocycles. The van der Waals surface area contributed by atoms with Crippen molar-refractivity contribution in [2.24, 2.45) is 0 Å². The van der Waals surface area contributed by atoms with E-state index in [2.05, 4.69) is 9.97 Å². The standard InChI is InChI=1S/C18H21N3O3/c1-2-23-17-16(6-4-10-20-17)18(22)21-11-7-14(8-12-21)24-15-5-3-9-19-13-15/h3-6,9-10,13-14H,2,7-8,11-12H2,1H3. The number of carbonyl (C=O) groups excluding carboxylic acids is 1. The first-order chi connectivity index (χ1) is 11.8. The maximum Gasteiger partial charge on any atom is 0.259 e. The van der Waals surface area contributed by atoms with Gasteiger partial charge in [-0.3, -0.25) is 9.78 Å². The van der Waals surface area contributed by atoms with Gasteiger partial charge >= 0.3 is 0 Å². The highest BCUT2D eigenvalue weighted by Crippen LogP contribution is 2.22. The Kier molecular flexibility index (Phi) is 5.25. The Bertz CT molecular complexity index is 670. The molecule has 0 aliphatic carbocycles. The molecule has 1 fully saturated rings. The fourth-order valence-corrected chi connectivity index (χ4v) is 2.76. The number of carbonyl (C=O) groups is 1. The van der Waals surface area contributed by atoms with Crippen LogP contribution in [0.1, 0.15) is 30.1 Å². The lowest BCUT2D eigenvalue weighted by molar-refractivity contribution is 0.0590. The van der Waals surface area contributed by atoms with Crippen LogP contribution in [0.4, 0.5) is 0 Å². The normalized spacial score (nSPS) is 15.1. The van der Waals surface area contributed by atoms with Crippen LogP contribution in [-0.2, 0) is 0 Å². The summed E-state index contributed by atoms with van der Waals surface area (Å²) in [6.07, 6.45) is 6.77. The molecule has 2 aromatic rings. The second kappa shape index (κ2) is 7.77. The van der Waals surface area contributed by atoms with Crippen LogP contribution >= 0.6 is 0 Å². The molecule has 24 heavy (non-hydrogen) atoms. The van der Waals surface area contributed by atoms with Gasteiger partial charge in [0.2, 0.25) is 5.88 Å². The minimum Gasteiger partial charge on any atom is -0.489 e. The minimum atomic E-state index is -0.0358. The van der Waals surface area contributed by atoms with Gasteiger partial charge in [0.25, 0.3) is 5.91 Å². The number of amides is 1. The van der Waals surface area contributed by atoms with Crippen molar-refractivity contribution in [2.45, 2.75) is 25.9 Å². The Balaban J connectivity index is 1.59. The predicted octanol–water partition coefficient (Wildman–Crippen LogP) is 2.56. The molecular formula is C18H21N3O3. The second-order valence-electron chi connectivity index (χ2n) is 5.59. The minimum absolute atomic E-state index is 0.0358. The van der Waals surface area contributed by atoms with Crippen molar-refractivity contribution in [3.63, 3.8) is 0 Å². The van der Waals surface area contributed by atoms with Crippen molar-refractivity contribution in [3.05, 3.63) is 48.4 Å². The molecule has 0 unspecified atom stereocenters. The molecule has 0 radical (unpaired) electrons. The molecule has 6 nitrogen and oxygen atoms in total.